The van der Waals surface area contributed by atoms with Gasteiger partial charge in [-0.2, -0.15) is 0 Å². The van der Waals surface area contributed by atoms with Crippen LogP contribution < -0.4 is 10.1 Å². The second-order valence-electron chi connectivity index (χ2n) is 6.68. The predicted octanol–water partition coefficient (Wildman–Crippen LogP) is 5.70. The van der Waals surface area contributed by atoms with Gasteiger partial charge in [0.15, 0.2) is 0 Å². The molecule has 1 aliphatic rings. The first kappa shape index (κ1) is 16.6. The largest absolute Gasteiger partial charge is 0.457 e. The van der Waals surface area contributed by atoms with E-state index in [2.05, 4.69) is 5.32 Å². The molecule has 3 nitrogen and oxygen atoms in total. The van der Waals surface area contributed by atoms with Crippen molar-refractivity contribution in [3.63, 3.8) is 0 Å². The van der Waals surface area contributed by atoms with Crippen LogP contribution in [0.25, 0.3) is 0 Å². The Morgan fingerprint density at radius 2 is 1.58 bits per heavy atom. The standard InChI is InChI=1S/C21H25NO2/c1-16-6-11-19(12-7-16)24-20-13-9-18(10-14-20)22-21(23)15-8-17-4-2-3-5-17/h6-7,9-14,17H,2-5,8,15H2,1H3,(H,22,23). The number of benzene rings is 2. The summed E-state index contributed by atoms with van der Waals surface area (Å²) in [5.41, 5.74) is 2.03. The highest BCUT2D eigenvalue weighted by Crippen LogP contribution is 2.28. The van der Waals surface area contributed by atoms with Gasteiger partial charge in [0.05, 0.1) is 0 Å². The molecule has 1 aliphatic carbocycles. The van der Waals surface area contributed by atoms with E-state index in [0.29, 0.717) is 6.42 Å². The molecule has 2 aromatic carbocycles. The van der Waals surface area contributed by atoms with Crippen LogP contribution in [0.2, 0.25) is 0 Å². The average molecular weight is 323 g/mol. The number of anilines is 1. The van der Waals surface area contributed by atoms with Crippen molar-refractivity contribution in [1.29, 1.82) is 0 Å². The molecule has 0 saturated heterocycles. The zero-order chi connectivity index (χ0) is 16.8. The van der Waals surface area contributed by atoms with Crippen LogP contribution >= 0.6 is 0 Å². The van der Waals surface area contributed by atoms with Crippen LogP contribution in [-0.2, 0) is 4.79 Å². The topological polar surface area (TPSA) is 38.3 Å². The van der Waals surface area contributed by atoms with Gasteiger partial charge in [-0.15, -0.1) is 0 Å². The Hall–Kier alpha value is -2.29. The van der Waals surface area contributed by atoms with E-state index in [-0.39, 0.29) is 5.91 Å². The summed E-state index contributed by atoms with van der Waals surface area (Å²) in [6.07, 6.45) is 6.87. The fourth-order valence-electron chi connectivity index (χ4n) is 3.21. The lowest BCUT2D eigenvalue weighted by atomic mass is 10.0. The van der Waals surface area contributed by atoms with Gasteiger partial charge in [0.1, 0.15) is 11.5 Å². The van der Waals surface area contributed by atoms with Gasteiger partial charge in [-0.1, -0.05) is 43.4 Å². The molecule has 1 N–H and O–H groups in total. The molecule has 0 bridgehead atoms. The second kappa shape index (κ2) is 8.00. The minimum Gasteiger partial charge on any atom is -0.457 e. The minimum atomic E-state index is 0.106. The van der Waals surface area contributed by atoms with Crippen molar-refractivity contribution < 1.29 is 9.53 Å². The smallest absolute Gasteiger partial charge is 0.224 e. The first-order chi connectivity index (χ1) is 11.7. The quantitative estimate of drug-likeness (QED) is 0.741. The Balaban J connectivity index is 1.48. The summed E-state index contributed by atoms with van der Waals surface area (Å²) >= 11 is 0. The van der Waals surface area contributed by atoms with Gasteiger partial charge in [-0.3, -0.25) is 4.79 Å². The molecule has 126 valence electrons. The molecular weight excluding hydrogens is 298 g/mol. The molecule has 0 unspecified atom stereocenters. The number of nitrogens with one attached hydrogen (secondary N) is 1. The monoisotopic (exact) mass is 323 g/mol. The fraction of sp³-hybridized carbons (Fsp3) is 0.381. The summed E-state index contributed by atoms with van der Waals surface area (Å²) in [5.74, 6) is 2.44. The van der Waals surface area contributed by atoms with Crippen molar-refractivity contribution in [1.82, 2.24) is 0 Å². The molecule has 0 aromatic heterocycles. The summed E-state index contributed by atoms with van der Waals surface area (Å²) < 4.78 is 5.80. The Morgan fingerprint density at radius 3 is 2.21 bits per heavy atom. The van der Waals surface area contributed by atoms with Crippen molar-refractivity contribution in [3.8, 4) is 11.5 Å². The first-order valence-electron chi connectivity index (χ1n) is 8.83. The van der Waals surface area contributed by atoms with Crippen LogP contribution in [0, 0.1) is 12.8 Å². The van der Waals surface area contributed by atoms with Crippen LogP contribution in [0.1, 0.15) is 44.1 Å². The van der Waals surface area contributed by atoms with Gasteiger partial charge in [-0.05, 0) is 55.7 Å². The number of hydrogen-bond acceptors (Lipinski definition) is 2. The molecule has 0 heterocycles. The van der Waals surface area contributed by atoms with Crippen molar-refractivity contribution in [2.45, 2.75) is 45.4 Å². The Kier molecular flexibility index (Phi) is 5.52. The van der Waals surface area contributed by atoms with E-state index >= 15 is 0 Å². The molecule has 0 aliphatic heterocycles. The lowest BCUT2D eigenvalue weighted by molar-refractivity contribution is -0.116. The molecule has 0 spiro atoms. The molecular formula is C21H25NO2. The predicted molar refractivity (Wildman–Crippen MR) is 97.5 cm³/mol. The van der Waals surface area contributed by atoms with Gasteiger partial charge in [0.25, 0.3) is 0 Å². The normalized spacial score (nSPS) is 14.5. The fourth-order valence-corrected chi connectivity index (χ4v) is 3.21. The van der Waals surface area contributed by atoms with E-state index in [0.717, 1.165) is 29.5 Å². The SMILES string of the molecule is Cc1ccc(Oc2ccc(NC(=O)CCC3CCCC3)cc2)cc1. The van der Waals surface area contributed by atoms with Crippen LogP contribution in [0.15, 0.2) is 48.5 Å². The maximum absolute atomic E-state index is 12.0. The van der Waals surface area contributed by atoms with Gasteiger partial charge in [-0.25, -0.2) is 0 Å². The zero-order valence-corrected chi connectivity index (χ0v) is 14.3. The summed E-state index contributed by atoms with van der Waals surface area (Å²) in [5, 5.41) is 2.97. The third kappa shape index (κ3) is 4.85. The van der Waals surface area contributed by atoms with Gasteiger partial charge in [0, 0.05) is 12.1 Å². The summed E-state index contributed by atoms with van der Waals surface area (Å²) in [7, 11) is 0. The summed E-state index contributed by atoms with van der Waals surface area (Å²) in [6.45, 7) is 2.05. The number of carbonyl (C=O) groups is 1. The molecule has 3 rings (SSSR count). The number of amides is 1. The van der Waals surface area contributed by atoms with Crippen molar-refractivity contribution >= 4 is 11.6 Å². The Morgan fingerprint density at radius 1 is 1.00 bits per heavy atom. The molecule has 24 heavy (non-hydrogen) atoms. The van der Waals surface area contributed by atoms with Crippen molar-refractivity contribution in [2.75, 3.05) is 5.32 Å². The van der Waals surface area contributed by atoms with Crippen LogP contribution in [-0.4, -0.2) is 5.91 Å². The van der Waals surface area contributed by atoms with E-state index in [9.17, 15) is 4.79 Å². The summed E-state index contributed by atoms with van der Waals surface area (Å²) in [6, 6.07) is 15.5. The van der Waals surface area contributed by atoms with Crippen LogP contribution in [0.5, 0.6) is 11.5 Å². The number of aryl methyl sites for hydroxylation is 1. The zero-order valence-electron chi connectivity index (χ0n) is 14.3. The molecule has 1 saturated carbocycles. The van der Waals surface area contributed by atoms with Crippen LogP contribution in [0.4, 0.5) is 5.69 Å². The molecule has 2 aromatic rings. The minimum absolute atomic E-state index is 0.106. The maximum atomic E-state index is 12.0. The highest BCUT2D eigenvalue weighted by Gasteiger charge is 2.16. The third-order valence-corrected chi connectivity index (χ3v) is 4.65. The van der Waals surface area contributed by atoms with E-state index in [1.807, 2.05) is 55.5 Å². The molecule has 1 fully saturated rings. The van der Waals surface area contributed by atoms with E-state index in [1.54, 1.807) is 0 Å². The van der Waals surface area contributed by atoms with Gasteiger partial charge in [0.2, 0.25) is 5.91 Å². The Labute approximate surface area is 144 Å². The van der Waals surface area contributed by atoms with Crippen molar-refractivity contribution in [3.05, 3.63) is 54.1 Å². The van der Waals surface area contributed by atoms with E-state index in [1.165, 1.54) is 31.2 Å². The molecule has 0 atom stereocenters. The number of ether oxygens (including phenoxy) is 1. The lowest BCUT2D eigenvalue weighted by Crippen LogP contribution is -2.12. The van der Waals surface area contributed by atoms with Gasteiger partial charge >= 0.3 is 0 Å². The molecule has 1 amide bonds. The number of carbonyl (C=O) groups excluding carboxylic acids is 1. The lowest BCUT2D eigenvalue weighted by Gasteiger charge is -2.10. The average Bonchev–Trinajstić information content (AvgIpc) is 3.10. The Bertz CT molecular complexity index is 655. The van der Waals surface area contributed by atoms with Crippen molar-refractivity contribution in [2.24, 2.45) is 5.92 Å². The summed E-state index contributed by atoms with van der Waals surface area (Å²) in [4.78, 5) is 12.0. The van der Waals surface area contributed by atoms with E-state index < -0.39 is 0 Å². The third-order valence-electron chi connectivity index (χ3n) is 4.65. The van der Waals surface area contributed by atoms with Crippen LogP contribution in [0.3, 0.4) is 0 Å². The molecule has 0 radical (unpaired) electrons. The highest BCUT2D eigenvalue weighted by molar-refractivity contribution is 5.90. The van der Waals surface area contributed by atoms with E-state index in [4.69, 9.17) is 4.74 Å². The molecule has 3 heteroatoms. The second-order valence-corrected chi connectivity index (χ2v) is 6.68. The maximum Gasteiger partial charge on any atom is 0.224 e. The highest BCUT2D eigenvalue weighted by atomic mass is 16.5. The number of rotatable bonds is 6. The first-order valence-corrected chi connectivity index (χ1v) is 8.83. The number of hydrogen-bond donors (Lipinski definition) is 1. The van der Waals surface area contributed by atoms with Gasteiger partial charge < -0.3 is 10.1 Å².